The number of hydrogen-bond acceptors (Lipinski definition) is 11. The van der Waals surface area contributed by atoms with Crippen LogP contribution < -0.4 is 5.01 Å². The standard InChI is InChI=1S/C48H47F3N14O2/c1-31(66)61-14-10-41(11-15-61)63-30-43(37-22-54-45(55-23-37)35-9-5-7-33(19-35)39-25-57-60(3)27-39)46(58-63)65-29-40(28-64(65)42-12-16-62(17-13-42)47(67)48(49,50)51)36-20-52-44(53-21-36)34-8-4-6-32(18-34)38-24-56-59(2)26-38/h4-9,18-28,30,41-42H,10-17,29H2,1-3H3. The van der Waals surface area contributed by atoms with E-state index < -0.39 is 12.1 Å². The van der Waals surface area contributed by atoms with Gasteiger partial charge in [-0.25, -0.2) is 19.9 Å². The highest BCUT2D eigenvalue weighted by Gasteiger charge is 2.44. The molecule has 0 saturated carbocycles. The maximum Gasteiger partial charge on any atom is 0.471 e. The van der Waals surface area contributed by atoms with E-state index in [0.29, 0.717) is 62.8 Å². The number of halogens is 3. The summed E-state index contributed by atoms with van der Waals surface area (Å²) >= 11 is 0. The lowest BCUT2D eigenvalue weighted by Crippen LogP contribution is -2.52. The number of carbonyl (C=O) groups is 2. The molecule has 342 valence electrons. The molecule has 0 atom stereocenters. The number of hydrogen-bond donors (Lipinski definition) is 0. The average Bonchev–Trinajstić information content (AvgIpc) is 4.19. The molecule has 2 aromatic carbocycles. The van der Waals surface area contributed by atoms with E-state index >= 15 is 0 Å². The number of likely N-dealkylation sites (tertiary alicyclic amines) is 2. The summed E-state index contributed by atoms with van der Waals surface area (Å²) in [6, 6.07) is 15.7. The third-order valence-corrected chi connectivity index (χ3v) is 12.8. The second kappa shape index (κ2) is 17.6. The summed E-state index contributed by atoms with van der Waals surface area (Å²) in [7, 11) is 3.75. The summed E-state index contributed by atoms with van der Waals surface area (Å²) < 4.78 is 46.1. The van der Waals surface area contributed by atoms with E-state index in [9.17, 15) is 22.8 Å². The Bertz CT molecular complexity index is 2960. The maximum atomic E-state index is 13.5. The van der Waals surface area contributed by atoms with E-state index in [1.54, 1.807) is 41.1 Å². The number of nitrogens with zero attached hydrogens (tertiary/aromatic N) is 14. The lowest BCUT2D eigenvalue weighted by Gasteiger charge is -2.41. The quantitative estimate of drug-likeness (QED) is 0.146. The molecular formula is C48H47F3N14O2. The van der Waals surface area contributed by atoms with Gasteiger partial charge in [0, 0.05) is 141 Å². The van der Waals surface area contributed by atoms with Gasteiger partial charge in [-0.2, -0.15) is 28.5 Å². The van der Waals surface area contributed by atoms with Crippen LogP contribution in [0.1, 0.15) is 44.2 Å². The second-order valence-corrected chi connectivity index (χ2v) is 17.3. The minimum Gasteiger partial charge on any atom is -0.343 e. The third kappa shape index (κ3) is 8.87. The van der Waals surface area contributed by atoms with Gasteiger partial charge < -0.3 is 9.80 Å². The van der Waals surface area contributed by atoms with Gasteiger partial charge in [-0.15, -0.1) is 0 Å². The van der Waals surface area contributed by atoms with Crippen LogP contribution in [-0.4, -0.2) is 121 Å². The smallest absolute Gasteiger partial charge is 0.343 e. The molecule has 67 heavy (non-hydrogen) atoms. The monoisotopic (exact) mass is 908 g/mol. The largest absolute Gasteiger partial charge is 0.471 e. The van der Waals surface area contributed by atoms with Crippen molar-refractivity contribution in [1.29, 1.82) is 0 Å². The van der Waals surface area contributed by atoms with Crippen LogP contribution in [0.25, 0.3) is 61.7 Å². The highest BCUT2D eigenvalue weighted by atomic mass is 19.4. The predicted octanol–water partition coefficient (Wildman–Crippen LogP) is 7.08. The van der Waals surface area contributed by atoms with E-state index in [1.807, 2.05) is 119 Å². The zero-order chi connectivity index (χ0) is 46.4. The van der Waals surface area contributed by atoms with Gasteiger partial charge in [0.15, 0.2) is 17.5 Å². The van der Waals surface area contributed by atoms with Crippen LogP contribution in [0.5, 0.6) is 0 Å². The van der Waals surface area contributed by atoms with Gasteiger partial charge in [-0.1, -0.05) is 36.4 Å². The van der Waals surface area contributed by atoms with Crippen molar-refractivity contribution in [1.82, 2.24) is 64.1 Å². The first kappa shape index (κ1) is 43.2. The van der Waals surface area contributed by atoms with Crippen molar-refractivity contribution >= 4 is 23.2 Å². The summed E-state index contributed by atoms with van der Waals surface area (Å²) in [6.07, 6.45) is 15.7. The maximum absolute atomic E-state index is 13.5. The minimum absolute atomic E-state index is 0.00351. The molecule has 0 unspecified atom stereocenters. The topological polar surface area (TPSA) is 152 Å². The summed E-state index contributed by atoms with van der Waals surface area (Å²) in [5.41, 5.74) is 8.72. The summed E-state index contributed by atoms with van der Waals surface area (Å²) in [5.74, 6) is -0.0960. The number of anilines is 1. The predicted molar refractivity (Wildman–Crippen MR) is 244 cm³/mol. The Labute approximate surface area is 384 Å². The SMILES string of the molecule is CC(=O)N1CCC(n2cc(-c3cnc(-c4cccc(-c5cnn(C)c5)c4)nc3)c(N3CC(c4cnc(-c5cccc(-c6cnn(C)c6)c5)nc4)=CN3C3CCN(C(=O)C(F)(F)F)CC3)n2)CC1. The summed E-state index contributed by atoms with van der Waals surface area (Å²) in [4.78, 5) is 46.6. The number of alkyl halides is 3. The molecule has 19 heteroatoms. The van der Waals surface area contributed by atoms with Gasteiger partial charge in [0.05, 0.1) is 31.0 Å². The fourth-order valence-electron chi connectivity index (χ4n) is 9.16. The lowest BCUT2D eigenvalue weighted by atomic mass is 10.0. The van der Waals surface area contributed by atoms with Crippen LogP contribution >= 0.6 is 0 Å². The number of piperidine rings is 2. The summed E-state index contributed by atoms with van der Waals surface area (Å²) in [5, 5.41) is 18.0. The number of hydrazine groups is 1. The molecule has 8 heterocycles. The molecule has 7 aromatic rings. The summed E-state index contributed by atoms with van der Waals surface area (Å²) in [6.45, 7) is 3.01. The van der Waals surface area contributed by atoms with Crippen LogP contribution in [0.3, 0.4) is 0 Å². The zero-order valence-electron chi connectivity index (χ0n) is 37.1. The van der Waals surface area contributed by atoms with Crippen molar-refractivity contribution in [2.45, 2.75) is 50.9 Å². The Morgan fingerprint density at radius 1 is 0.612 bits per heavy atom. The lowest BCUT2D eigenvalue weighted by molar-refractivity contribution is -0.186. The molecule has 16 nitrogen and oxygen atoms in total. The van der Waals surface area contributed by atoms with Gasteiger partial charge in [-0.05, 0) is 48.9 Å². The third-order valence-electron chi connectivity index (χ3n) is 12.8. The van der Waals surface area contributed by atoms with Gasteiger partial charge in [0.25, 0.3) is 0 Å². The second-order valence-electron chi connectivity index (χ2n) is 17.3. The molecule has 0 spiro atoms. The first-order chi connectivity index (χ1) is 32.3. The van der Waals surface area contributed by atoms with E-state index in [1.165, 1.54) is 0 Å². The van der Waals surface area contributed by atoms with E-state index in [-0.39, 0.29) is 31.1 Å². The number of rotatable bonds is 9. The molecule has 2 fully saturated rings. The number of carbonyl (C=O) groups excluding carboxylic acids is 2. The first-order valence-electron chi connectivity index (χ1n) is 22.2. The molecule has 0 radical (unpaired) electrons. The van der Waals surface area contributed by atoms with Crippen molar-refractivity contribution in [3.63, 3.8) is 0 Å². The van der Waals surface area contributed by atoms with Crippen LogP contribution in [0.15, 0.2) is 111 Å². The van der Waals surface area contributed by atoms with Gasteiger partial charge in [0.1, 0.15) is 0 Å². The molecular weight excluding hydrogens is 862 g/mol. The van der Waals surface area contributed by atoms with Crippen LogP contribution in [0.2, 0.25) is 0 Å². The number of aromatic nitrogens is 10. The number of benzene rings is 2. The van der Waals surface area contributed by atoms with Gasteiger partial charge in [0.2, 0.25) is 5.91 Å². The first-order valence-corrected chi connectivity index (χ1v) is 22.2. The fourth-order valence-corrected chi connectivity index (χ4v) is 9.16. The Hall–Kier alpha value is -7.70. The zero-order valence-corrected chi connectivity index (χ0v) is 37.1. The Morgan fingerprint density at radius 2 is 1.12 bits per heavy atom. The van der Waals surface area contributed by atoms with Crippen molar-refractivity contribution in [3.8, 4) is 56.2 Å². The van der Waals surface area contributed by atoms with Crippen molar-refractivity contribution in [2.24, 2.45) is 14.1 Å². The van der Waals surface area contributed by atoms with Crippen molar-refractivity contribution in [2.75, 3.05) is 37.7 Å². The highest BCUT2D eigenvalue weighted by Crippen LogP contribution is 2.40. The van der Waals surface area contributed by atoms with Gasteiger partial charge >= 0.3 is 12.1 Å². The fraction of sp³-hybridized carbons (Fsp3) is 0.312. The average molecular weight is 909 g/mol. The number of aryl methyl sites for hydroxylation is 2. The van der Waals surface area contributed by atoms with Crippen molar-refractivity contribution < 1.29 is 22.8 Å². The molecule has 0 aliphatic carbocycles. The van der Waals surface area contributed by atoms with E-state index in [0.717, 1.165) is 60.5 Å². The van der Waals surface area contributed by atoms with E-state index in [2.05, 4.69) is 10.2 Å². The highest BCUT2D eigenvalue weighted by molar-refractivity contribution is 5.82. The van der Waals surface area contributed by atoms with Crippen LogP contribution in [0, 0.1) is 0 Å². The van der Waals surface area contributed by atoms with Gasteiger partial charge in [-0.3, -0.25) is 33.7 Å². The molecule has 2 amide bonds. The van der Waals surface area contributed by atoms with Crippen LogP contribution in [0.4, 0.5) is 19.0 Å². The molecule has 10 rings (SSSR count). The van der Waals surface area contributed by atoms with E-state index in [4.69, 9.17) is 25.0 Å². The minimum atomic E-state index is -4.95. The molecule has 2 saturated heterocycles. The molecule has 5 aromatic heterocycles. The molecule has 3 aliphatic rings. The molecule has 3 aliphatic heterocycles. The molecule has 0 bridgehead atoms. The Kier molecular flexibility index (Phi) is 11.3. The molecule has 0 N–H and O–H groups in total. The van der Waals surface area contributed by atoms with Crippen molar-refractivity contribution in [3.05, 3.63) is 116 Å². The number of amides is 2. The normalized spacial score (nSPS) is 16.2. The Balaban J connectivity index is 0.994. The van der Waals surface area contributed by atoms with Crippen LogP contribution in [-0.2, 0) is 23.7 Å². The Morgan fingerprint density at radius 3 is 1.63 bits per heavy atom.